The maximum absolute atomic E-state index is 12.4. The van der Waals surface area contributed by atoms with E-state index in [9.17, 15) is 4.79 Å². The molecule has 3 aromatic carbocycles. The van der Waals surface area contributed by atoms with Crippen molar-refractivity contribution < 1.29 is 9.53 Å². The van der Waals surface area contributed by atoms with Gasteiger partial charge < -0.3 is 10.1 Å². The molecule has 1 N–H and O–H groups in total. The van der Waals surface area contributed by atoms with Crippen LogP contribution in [0.1, 0.15) is 16.7 Å². The van der Waals surface area contributed by atoms with Gasteiger partial charge >= 0.3 is 0 Å². The molecule has 0 unspecified atom stereocenters. The molecule has 0 radical (unpaired) electrons. The number of para-hydroxylation sites is 1. The van der Waals surface area contributed by atoms with Crippen LogP contribution < -0.4 is 10.1 Å². The van der Waals surface area contributed by atoms with E-state index in [1.165, 1.54) is 5.56 Å². The first kappa shape index (κ1) is 18.7. The van der Waals surface area contributed by atoms with Crippen molar-refractivity contribution in [1.82, 2.24) is 15.0 Å². The fourth-order valence-electron chi connectivity index (χ4n) is 3.04. The number of anilines is 1. The van der Waals surface area contributed by atoms with Gasteiger partial charge in [0.25, 0.3) is 5.91 Å². The Morgan fingerprint density at radius 2 is 1.62 bits per heavy atom. The molecule has 0 spiro atoms. The van der Waals surface area contributed by atoms with Crippen molar-refractivity contribution in [1.29, 1.82) is 0 Å². The van der Waals surface area contributed by atoms with Crippen molar-refractivity contribution >= 4 is 22.6 Å². The maximum Gasteiger partial charge on any atom is 0.262 e. The molecule has 4 aromatic rings. The van der Waals surface area contributed by atoms with Crippen LogP contribution in [0.4, 0.5) is 5.69 Å². The SMILES string of the molecule is Cc1ccc(-n2nc3cc(C)c(NC(=O)COc4ccccc4C)cc3n2)cc1. The molecule has 0 atom stereocenters. The molecule has 146 valence electrons. The molecular formula is C23H22N4O2. The lowest BCUT2D eigenvalue weighted by molar-refractivity contribution is -0.118. The number of fused-ring (bicyclic) bond motifs is 1. The number of hydrogen-bond acceptors (Lipinski definition) is 4. The summed E-state index contributed by atoms with van der Waals surface area (Å²) in [5.74, 6) is 0.484. The summed E-state index contributed by atoms with van der Waals surface area (Å²) in [7, 11) is 0. The van der Waals surface area contributed by atoms with Gasteiger partial charge in [-0.15, -0.1) is 10.2 Å². The smallest absolute Gasteiger partial charge is 0.262 e. The van der Waals surface area contributed by atoms with E-state index in [1.54, 1.807) is 4.80 Å². The third-order valence-corrected chi connectivity index (χ3v) is 4.72. The Morgan fingerprint density at radius 3 is 2.34 bits per heavy atom. The minimum Gasteiger partial charge on any atom is -0.483 e. The van der Waals surface area contributed by atoms with Crippen LogP contribution in [0.15, 0.2) is 60.7 Å². The molecule has 0 saturated heterocycles. The monoisotopic (exact) mass is 386 g/mol. The van der Waals surface area contributed by atoms with E-state index in [0.717, 1.165) is 22.3 Å². The van der Waals surface area contributed by atoms with Crippen molar-refractivity contribution in [3.05, 3.63) is 77.4 Å². The summed E-state index contributed by atoms with van der Waals surface area (Å²) in [4.78, 5) is 14.0. The standard InChI is InChI=1S/C23H22N4O2/c1-15-8-10-18(11-9-15)27-25-20-12-17(3)19(13-21(20)26-27)24-23(28)14-29-22-7-5-4-6-16(22)2/h4-13H,14H2,1-3H3,(H,24,28). The maximum atomic E-state index is 12.4. The molecule has 1 aromatic heterocycles. The van der Waals surface area contributed by atoms with Gasteiger partial charge in [-0.2, -0.15) is 4.80 Å². The van der Waals surface area contributed by atoms with Gasteiger partial charge in [0.2, 0.25) is 0 Å². The fourth-order valence-corrected chi connectivity index (χ4v) is 3.04. The first-order chi connectivity index (χ1) is 14.0. The average molecular weight is 386 g/mol. The van der Waals surface area contributed by atoms with Crippen molar-refractivity contribution in [2.24, 2.45) is 0 Å². The number of hydrogen-bond donors (Lipinski definition) is 1. The van der Waals surface area contributed by atoms with Crippen LogP contribution in [0.2, 0.25) is 0 Å². The number of rotatable bonds is 5. The zero-order chi connectivity index (χ0) is 20.4. The highest BCUT2D eigenvalue weighted by atomic mass is 16.5. The van der Waals surface area contributed by atoms with Crippen LogP contribution in [0.25, 0.3) is 16.7 Å². The summed E-state index contributed by atoms with van der Waals surface area (Å²) >= 11 is 0. The Balaban J connectivity index is 1.51. The van der Waals surface area contributed by atoms with E-state index in [1.807, 2.05) is 81.4 Å². The highest BCUT2D eigenvalue weighted by molar-refractivity contribution is 5.95. The van der Waals surface area contributed by atoms with Crippen LogP contribution in [-0.2, 0) is 4.79 Å². The molecule has 6 nitrogen and oxygen atoms in total. The predicted molar refractivity (Wildman–Crippen MR) is 114 cm³/mol. The Kier molecular flexibility index (Phi) is 4.99. The van der Waals surface area contributed by atoms with Crippen LogP contribution in [0, 0.1) is 20.8 Å². The molecule has 0 aliphatic rings. The number of amides is 1. The molecule has 0 saturated carbocycles. The minimum atomic E-state index is -0.221. The fraction of sp³-hybridized carbons (Fsp3) is 0.174. The molecule has 1 heterocycles. The van der Waals surface area contributed by atoms with E-state index >= 15 is 0 Å². The normalized spacial score (nSPS) is 10.9. The van der Waals surface area contributed by atoms with Gasteiger partial charge in [0.05, 0.1) is 5.69 Å². The average Bonchev–Trinajstić information content (AvgIpc) is 3.11. The zero-order valence-electron chi connectivity index (χ0n) is 16.6. The van der Waals surface area contributed by atoms with E-state index in [-0.39, 0.29) is 12.5 Å². The van der Waals surface area contributed by atoms with Crippen LogP contribution in [-0.4, -0.2) is 27.5 Å². The molecule has 0 fully saturated rings. The summed E-state index contributed by atoms with van der Waals surface area (Å²) in [6.07, 6.45) is 0. The number of nitrogens with zero attached hydrogens (tertiary/aromatic N) is 3. The van der Waals surface area contributed by atoms with Gasteiger partial charge in [0, 0.05) is 5.69 Å². The summed E-state index contributed by atoms with van der Waals surface area (Å²) in [6.45, 7) is 5.86. The molecule has 0 bridgehead atoms. The third kappa shape index (κ3) is 4.11. The number of carbonyl (C=O) groups is 1. The number of ether oxygens (including phenoxy) is 1. The molecule has 1 amide bonds. The van der Waals surface area contributed by atoms with Crippen molar-refractivity contribution in [2.75, 3.05) is 11.9 Å². The molecule has 0 aliphatic heterocycles. The summed E-state index contributed by atoms with van der Waals surface area (Å²) in [5.41, 5.74) is 6.17. The lowest BCUT2D eigenvalue weighted by atomic mass is 10.1. The van der Waals surface area contributed by atoms with Gasteiger partial charge in [-0.3, -0.25) is 4.79 Å². The summed E-state index contributed by atoms with van der Waals surface area (Å²) < 4.78 is 5.63. The molecule has 6 heteroatoms. The Bertz CT molecular complexity index is 1180. The Hall–Kier alpha value is -3.67. The number of benzene rings is 3. The van der Waals surface area contributed by atoms with Gasteiger partial charge in [-0.1, -0.05) is 35.9 Å². The lowest BCUT2D eigenvalue weighted by Crippen LogP contribution is -2.20. The second-order valence-corrected chi connectivity index (χ2v) is 7.08. The zero-order valence-corrected chi connectivity index (χ0v) is 16.6. The lowest BCUT2D eigenvalue weighted by Gasteiger charge is -2.10. The second kappa shape index (κ2) is 7.75. The number of carbonyl (C=O) groups excluding carboxylic acids is 1. The number of aryl methyl sites for hydroxylation is 3. The van der Waals surface area contributed by atoms with Crippen LogP contribution in [0.5, 0.6) is 5.75 Å². The van der Waals surface area contributed by atoms with E-state index < -0.39 is 0 Å². The highest BCUT2D eigenvalue weighted by Gasteiger charge is 2.11. The number of aromatic nitrogens is 3. The molecular weight excluding hydrogens is 364 g/mol. The predicted octanol–water partition coefficient (Wildman–Crippen LogP) is 4.36. The van der Waals surface area contributed by atoms with E-state index in [4.69, 9.17) is 4.74 Å². The largest absolute Gasteiger partial charge is 0.483 e. The first-order valence-electron chi connectivity index (χ1n) is 9.42. The highest BCUT2D eigenvalue weighted by Crippen LogP contribution is 2.22. The molecule has 4 rings (SSSR count). The van der Waals surface area contributed by atoms with Gasteiger partial charge in [0.1, 0.15) is 16.8 Å². The van der Waals surface area contributed by atoms with E-state index in [0.29, 0.717) is 17.0 Å². The third-order valence-electron chi connectivity index (χ3n) is 4.72. The van der Waals surface area contributed by atoms with Gasteiger partial charge in [-0.05, 0) is 62.2 Å². The van der Waals surface area contributed by atoms with Gasteiger partial charge in [0.15, 0.2) is 6.61 Å². The summed E-state index contributed by atoms with van der Waals surface area (Å²) in [6, 6.07) is 19.4. The van der Waals surface area contributed by atoms with Crippen LogP contribution in [0.3, 0.4) is 0 Å². The van der Waals surface area contributed by atoms with E-state index in [2.05, 4.69) is 15.5 Å². The quantitative estimate of drug-likeness (QED) is 0.553. The van der Waals surface area contributed by atoms with Crippen molar-refractivity contribution in [3.8, 4) is 11.4 Å². The second-order valence-electron chi connectivity index (χ2n) is 7.08. The molecule has 29 heavy (non-hydrogen) atoms. The first-order valence-corrected chi connectivity index (χ1v) is 9.42. The summed E-state index contributed by atoms with van der Waals surface area (Å²) in [5, 5.41) is 12.0. The van der Waals surface area contributed by atoms with Crippen molar-refractivity contribution in [2.45, 2.75) is 20.8 Å². The Labute approximate surface area is 169 Å². The minimum absolute atomic E-state index is 0.0572. The van der Waals surface area contributed by atoms with Crippen molar-refractivity contribution in [3.63, 3.8) is 0 Å². The topological polar surface area (TPSA) is 69.0 Å². The van der Waals surface area contributed by atoms with Crippen LogP contribution >= 0.6 is 0 Å². The molecule has 0 aliphatic carbocycles. The van der Waals surface area contributed by atoms with Gasteiger partial charge in [-0.25, -0.2) is 0 Å². The Morgan fingerprint density at radius 1 is 0.931 bits per heavy atom. The number of nitrogens with one attached hydrogen (secondary N) is 1.